The maximum Gasteiger partial charge on any atom is 0.157 e. The molecule has 1 aliphatic heterocycles. The summed E-state index contributed by atoms with van der Waals surface area (Å²) in [6.07, 6.45) is 6.27. The molecule has 0 unspecified atom stereocenters. The van der Waals surface area contributed by atoms with E-state index in [1.54, 1.807) is 0 Å². The second-order valence-electron chi connectivity index (χ2n) is 4.93. The van der Waals surface area contributed by atoms with Crippen LogP contribution in [0.3, 0.4) is 0 Å². The maximum absolute atomic E-state index is 5.95. The van der Waals surface area contributed by atoms with E-state index in [2.05, 4.69) is 22.5 Å². The lowest BCUT2D eigenvalue weighted by Crippen LogP contribution is -2.34. The summed E-state index contributed by atoms with van der Waals surface area (Å²) in [5, 5.41) is 7.69. The highest BCUT2D eigenvalue weighted by Crippen LogP contribution is 2.16. The zero-order valence-electron chi connectivity index (χ0n) is 11.0. The summed E-state index contributed by atoms with van der Waals surface area (Å²) in [5.41, 5.74) is 1.25. The molecular weight excluding hydrogens is 238 g/mol. The third-order valence-electron chi connectivity index (χ3n) is 3.39. The first-order chi connectivity index (χ1) is 9.40. The van der Waals surface area contributed by atoms with Crippen molar-refractivity contribution >= 4 is 0 Å². The quantitative estimate of drug-likeness (QED) is 0.911. The molecule has 2 heterocycles. The SMILES string of the molecule is c1ccc(Cn2cc(OC3CCNCC3)cn2)cc1. The first-order valence-electron chi connectivity index (χ1n) is 6.84. The zero-order valence-corrected chi connectivity index (χ0v) is 11.0. The molecule has 1 N–H and O–H groups in total. The Labute approximate surface area is 113 Å². The van der Waals surface area contributed by atoms with Crippen molar-refractivity contribution in [2.75, 3.05) is 13.1 Å². The van der Waals surface area contributed by atoms with E-state index in [4.69, 9.17) is 4.74 Å². The summed E-state index contributed by atoms with van der Waals surface area (Å²) in [7, 11) is 0. The molecule has 0 radical (unpaired) electrons. The minimum Gasteiger partial charge on any atom is -0.487 e. The molecule has 1 aliphatic rings. The van der Waals surface area contributed by atoms with Gasteiger partial charge in [0.2, 0.25) is 0 Å². The molecule has 1 fully saturated rings. The first-order valence-corrected chi connectivity index (χ1v) is 6.84. The monoisotopic (exact) mass is 257 g/mol. The van der Waals surface area contributed by atoms with Gasteiger partial charge in [-0.25, -0.2) is 0 Å². The van der Waals surface area contributed by atoms with Crippen LogP contribution in [-0.4, -0.2) is 29.0 Å². The summed E-state index contributed by atoms with van der Waals surface area (Å²) in [6.45, 7) is 2.88. The number of hydrogen-bond acceptors (Lipinski definition) is 3. The summed E-state index contributed by atoms with van der Waals surface area (Å²) < 4.78 is 7.87. The Kier molecular flexibility index (Phi) is 3.79. The number of aromatic nitrogens is 2. The molecule has 1 saturated heterocycles. The van der Waals surface area contributed by atoms with Crippen molar-refractivity contribution in [1.29, 1.82) is 0 Å². The number of nitrogens with zero attached hydrogens (tertiary/aromatic N) is 2. The number of benzene rings is 1. The summed E-state index contributed by atoms with van der Waals surface area (Å²) >= 11 is 0. The second kappa shape index (κ2) is 5.89. The number of rotatable bonds is 4. The van der Waals surface area contributed by atoms with E-state index in [0.29, 0.717) is 6.10 Å². The van der Waals surface area contributed by atoms with E-state index < -0.39 is 0 Å². The van der Waals surface area contributed by atoms with Crippen LogP contribution < -0.4 is 10.1 Å². The highest BCUT2D eigenvalue weighted by molar-refractivity contribution is 5.17. The van der Waals surface area contributed by atoms with Gasteiger partial charge in [-0.1, -0.05) is 30.3 Å². The second-order valence-corrected chi connectivity index (χ2v) is 4.93. The topological polar surface area (TPSA) is 39.1 Å². The molecule has 100 valence electrons. The van der Waals surface area contributed by atoms with Gasteiger partial charge in [0, 0.05) is 0 Å². The van der Waals surface area contributed by atoms with Crippen molar-refractivity contribution in [3.63, 3.8) is 0 Å². The van der Waals surface area contributed by atoms with Crippen LogP contribution in [-0.2, 0) is 6.54 Å². The number of nitrogens with one attached hydrogen (secondary N) is 1. The molecule has 1 aromatic carbocycles. The fraction of sp³-hybridized carbons (Fsp3) is 0.400. The van der Waals surface area contributed by atoms with Crippen LogP contribution in [0.25, 0.3) is 0 Å². The predicted molar refractivity (Wildman–Crippen MR) is 74.3 cm³/mol. The highest BCUT2D eigenvalue weighted by atomic mass is 16.5. The average Bonchev–Trinajstić information content (AvgIpc) is 2.88. The molecule has 3 rings (SSSR count). The van der Waals surface area contributed by atoms with E-state index in [0.717, 1.165) is 38.2 Å². The van der Waals surface area contributed by atoms with Crippen molar-refractivity contribution in [1.82, 2.24) is 15.1 Å². The molecule has 0 spiro atoms. The minimum absolute atomic E-state index is 0.329. The highest BCUT2D eigenvalue weighted by Gasteiger charge is 2.15. The van der Waals surface area contributed by atoms with Gasteiger partial charge in [0.05, 0.1) is 18.9 Å². The molecular formula is C15H19N3O. The van der Waals surface area contributed by atoms with Gasteiger partial charge < -0.3 is 10.1 Å². The van der Waals surface area contributed by atoms with Crippen molar-refractivity contribution in [2.45, 2.75) is 25.5 Å². The fourth-order valence-corrected chi connectivity index (χ4v) is 2.37. The fourth-order valence-electron chi connectivity index (χ4n) is 2.37. The molecule has 0 atom stereocenters. The van der Waals surface area contributed by atoms with Gasteiger partial charge >= 0.3 is 0 Å². The van der Waals surface area contributed by atoms with Crippen molar-refractivity contribution in [2.24, 2.45) is 0 Å². The van der Waals surface area contributed by atoms with Crippen LogP contribution in [0, 0.1) is 0 Å². The Balaban J connectivity index is 1.59. The van der Waals surface area contributed by atoms with Gasteiger partial charge in [0.25, 0.3) is 0 Å². The third-order valence-corrected chi connectivity index (χ3v) is 3.39. The maximum atomic E-state index is 5.95. The van der Waals surface area contributed by atoms with Crippen molar-refractivity contribution in [3.8, 4) is 5.75 Å². The van der Waals surface area contributed by atoms with E-state index in [1.165, 1.54) is 5.56 Å². The summed E-state index contributed by atoms with van der Waals surface area (Å²) in [6, 6.07) is 10.3. The molecule has 1 aromatic heterocycles. The summed E-state index contributed by atoms with van der Waals surface area (Å²) in [4.78, 5) is 0. The molecule has 0 saturated carbocycles. The smallest absolute Gasteiger partial charge is 0.157 e. The lowest BCUT2D eigenvalue weighted by atomic mass is 10.1. The predicted octanol–water partition coefficient (Wildman–Crippen LogP) is 2.06. The number of hydrogen-bond donors (Lipinski definition) is 1. The summed E-state index contributed by atoms with van der Waals surface area (Å²) in [5.74, 6) is 0.878. The third kappa shape index (κ3) is 3.35. The van der Waals surface area contributed by atoms with E-state index in [-0.39, 0.29) is 0 Å². The molecule has 0 bridgehead atoms. The van der Waals surface area contributed by atoms with E-state index in [9.17, 15) is 0 Å². The van der Waals surface area contributed by atoms with Gasteiger partial charge in [0.1, 0.15) is 6.10 Å². The molecule has 19 heavy (non-hydrogen) atoms. The zero-order chi connectivity index (χ0) is 12.9. The van der Waals surface area contributed by atoms with Crippen molar-refractivity contribution < 1.29 is 4.74 Å². The molecule has 4 heteroatoms. The Hall–Kier alpha value is -1.81. The van der Waals surface area contributed by atoms with E-state index >= 15 is 0 Å². The van der Waals surface area contributed by atoms with Crippen LogP contribution in [0.1, 0.15) is 18.4 Å². The molecule has 4 nitrogen and oxygen atoms in total. The largest absolute Gasteiger partial charge is 0.487 e. The van der Waals surface area contributed by atoms with Gasteiger partial charge in [0.15, 0.2) is 5.75 Å². The van der Waals surface area contributed by atoms with Crippen molar-refractivity contribution in [3.05, 3.63) is 48.3 Å². The Morgan fingerprint density at radius 3 is 2.79 bits per heavy atom. The molecule has 2 aromatic rings. The van der Waals surface area contributed by atoms with Crippen LogP contribution >= 0.6 is 0 Å². The lowest BCUT2D eigenvalue weighted by Gasteiger charge is -2.22. The van der Waals surface area contributed by atoms with Crippen LogP contribution in [0.5, 0.6) is 5.75 Å². The molecule has 0 amide bonds. The van der Waals surface area contributed by atoms with Crippen LogP contribution in [0.4, 0.5) is 0 Å². The Bertz CT molecular complexity index is 503. The standard InChI is InChI=1S/C15H19N3O/c1-2-4-13(5-3-1)11-18-12-15(10-17-18)19-14-6-8-16-9-7-14/h1-5,10,12,14,16H,6-9,11H2. The normalized spacial score (nSPS) is 16.4. The van der Waals surface area contributed by atoms with Gasteiger partial charge in [-0.3, -0.25) is 4.68 Å². The Morgan fingerprint density at radius 2 is 2.00 bits per heavy atom. The Morgan fingerprint density at radius 1 is 1.21 bits per heavy atom. The van der Waals surface area contributed by atoms with Gasteiger partial charge in [-0.2, -0.15) is 5.10 Å². The lowest BCUT2D eigenvalue weighted by molar-refractivity contribution is 0.162. The van der Waals surface area contributed by atoms with Gasteiger partial charge in [-0.05, 0) is 31.5 Å². The van der Waals surface area contributed by atoms with Crippen LogP contribution in [0.15, 0.2) is 42.7 Å². The van der Waals surface area contributed by atoms with Crippen LogP contribution in [0.2, 0.25) is 0 Å². The van der Waals surface area contributed by atoms with Gasteiger partial charge in [-0.15, -0.1) is 0 Å². The molecule has 0 aliphatic carbocycles. The first kappa shape index (κ1) is 12.2. The number of ether oxygens (including phenoxy) is 1. The number of piperidine rings is 1. The minimum atomic E-state index is 0.329. The van der Waals surface area contributed by atoms with E-state index in [1.807, 2.05) is 35.3 Å². The average molecular weight is 257 g/mol.